The van der Waals surface area contributed by atoms with Crippen molar-refractivity contribution in [1.29, 1.82) is 0 Å². The first-order chi connectivity index (χ1) is 10.4. The number of ether oxygens (including phenoxy) is 1. The highest BCUT2D eigenvalue weighted by Gasteiger charge is 2.32. The zero-order chi connectivity index (χ0) is 16.2. The van der Waals surface area contributed by atoms with Crippen LogP contribution in [0.25, 0.3) is 0 Å². The molecule has 1 aliphatic rings. The molecule has 1 aromatic rings. The van der Waals surface area contributed by atoms with Crippen LogP contribution >= 0.6 is 11.8 Å². The Hall–Kier alpha value is -1.23. The SMILES string of the molecule is CCSc1ncccc1[C@@H]1CCCCN1C(=O)OC(C)(C)C. The average Bonchev–Trinajstić information content (AvgIpc) is 2.46. The summed E-state index contributed by atoms with van der Waals surface area (Å²) >= 11 is 1.73. The molecule has 1 aromatic heterocycles. The second kappa shape index (κ2) is 7.36. The molecule has 0 bridgehead atoms. The molecule has 0 spiro atoms. The van der Waals surface area contributed by atoms with E-state index in [1.165, 1.54) is 0 Å². The fourth-order valence-corrected chi connectivity index (χ4v) is 3.49. The zero-order valence-corrected chi connectivity index (χ0v) is 14.8. The molecule has 5 heteroatoms. The summed E-state index contributed by atoms with van der Waals surface area (Å²) in [4.78, 5) is 18.9. The second-order valence-corrected chi connectivity index (χ2v) is 7.77. The van der Waals surface area contributed by atoms with Crippen LogP contribution < -0.4 is 0 Å². The number of thioether (sulfide) groups is 1. The van der Waals surface area contributed by atoms with Crippen LogP contribution in [0.1, 0.15) is 58.6 Å². The van der Waals surface area contributed by atoms with Gasteiger partial charge in [0, 0.05) is 18.3 Å². The number of amides is 1. The predicted octanol–water partition coefficient (Wildman–Crippen LogP) is 4.66. The van der Waals surface area contributed by atoms with Crippen molar-refractivity contribution < 1.29 is 9.53 Å². The molecule has 2 heterocycles. The van der Waals surface area contributed by atoms with Gasteiger partial charge in [-0.05, 0) is 51.9 Å². The first-order valence-electron chi connectivity index (χ1n) is 7.99. The Labute approximate surface area is 137 Å². The number of aromatic nitrogens is 1. The van der Waals surface area contributed by atoms with E-state index < -0.39 is 5.60 Å². The number of carbonyl (C=O) groups is 1. The fourth-order valence-electron chi connectivity index (χ4n) is 2.71. The van der Waals surface area contributed by atoms with Crippen LogP contribution in [0.2, 0.25) is 0 Å². The highest BCUT2D eigenvalue weighted by Crippen LogP contribution is 2.36. The van der Waals surface area contributed by atoms with Crippen LogP contribution in [-0.2, 0) is 4.74 Å². The van der Waals surface area contributed by atoms with Crippen LogP contribution in [0.5, 0.6) is 0 Å². The number of pyridine rings is 1. The van der Waals surface area contributed by atoms with Crippen LogP contribution in [0, 0.1) is 0 Å². The lowest BCUT2D eigenvalue weighted by Gasteiger charge is -2.37. The van der Waals surface area contributed by atoms with Crippen LogP contribution in [0.3, 0.4) is 0 Å². The van der Waals surface area contributed by atoms with E-state index in [2.05, 4.69) is 18.0 Å². The van der Waals surface area contributed by atoms with E-state index in [0.29, 0.717) is 0 Å². The maximum atomic E-state index is 12.5. The van der Waals surface area contributed by atoms with Crippen molar-refractivity contribution in [2.24, 2.45) is 0 Å². The third-order valence-corrected chi connectivity index (χ3v) is 4.47. The van der Waals surface area contributed by atoms with Crippen LogP contribution in [0.4, 0.5) is 4.79 Å². The molecule has 0 N–H and O–H groups in total. The van der Waals surface area contributed by atoms with Gasteiger partial charge < -0.3 is 9.64 Å². The summed E-state index contributed by atoms with van der Waals surface area (Å²) in [6.45, 7) is 8.60. The van der Waals surface area contributed by atoms with Crippen molar-refractivity contribution in [3.63, 3.8) is 0 Å². The molecule has 1 atom stereocenters. The molecule has 22 heavy (non-hydrogen) atoms. The van der Waals surface area contributed by atoms with Crippen molar-refractivity contribution in [3.05, 3.63) is 23.9 Å². The minimum atomic E-state index is -0.463. The van der Waals surface area contributed by atoms with Gasteiger partial charge in [-0.2, -0.15) is 0 Å². The summed E-state index contributed by atoms with van der Waals surface area (Å²) in [6, 6.07) is 4.13. The molecule has 0 saturated carbocycles. The van der Waals surface area contributed by atoms with Gasteiger partial charge in [0.15, 0.2) is 0 Å². The largest absolute Gasteiger partial charge is 0.444 e. The van der Waals surface area contributed by atoms with Crippen LogP contribution in [0.15, 0.2) is 23.4 Å². The molecule has 0 radical (unpaired) electrons. The third-order valence-electron chi connectivity index (χ3n) is 3.57. The van der Waals surface area contributed by atoms with E-state index in [1.54, 1.807) is 11.8 Å². The topological polar surface area (TPSA) is 42.4 Å². The Morgan fingerprint density at radius 2 is 2.23 bits per heavy atom. The predicted molar refractivity (Wildman–Crippen MR) is 90.2 cm³/mol. The number of likely N-dealkylation sites (tertiary alicyclic amines) is 1. The van der Waals surface area contributed by atoms with Gasteiger partial charge in [-0.3, -0.25) is 0 Å². The number of piperidine rings is 1. The average molecular weight is 322 g/mol. The van der Waals surface area contributed by atoms with Gasteiger partial charge >= 0.3 is 6.09 Å². The Morgan fingerprint density at radius 3 is 2.91 bits per heavy atom. The molecule has 0 aromatic carbocycles. The molecule has 1 saturated heterocycles. The number of hydrogen-bond acceptors (Lipinski definition) is 4. The first-order valence-corrected chi connectivity index (χ1v) is 8.98. The number of nitrogens with zero attached hydrogens (tertiary/aromatic N) is 2. The van der Waals surface area contributed by atoms with E-state index in [0.717, 1.165) is 42.1 Å². The normalized spacial score (nSPS) is 19.1. The highest BCUT2D eigenvalue weighted by molar-refractivity contribution is 7.99. The van der Waals surface area contributed by atoms with E-state index in [4.69, 9.17) is 4.74 Å². The molecule has 0 unspecified atom stereocenters. The van der Waals surface area contributed by atoms with Crippen molar-refractivity contribution in [1.82, 2.24) is 9.88 Å². The van der Waals surface area contributed by atoms with Crippen molar-refractivity contribution in [2.45, 2.75) is 63.6 Å². The molecule has 122 valence electrons. The minimum Gasteiger partial charge on any atom is -0.444 e. The number of rotatable bonds is 3. The van der Waals surface area contributed by atoms with Gasteiger partial charge in [-0.1, -0.05) is 13.0 Å². The zero-order valence-electron chi connectivity index (χ0n) is 14.0. The Balaban J connectivity index is 2.25. The summed E-state index contributed by atoms with van der Waals surface area (Å²) < 4.78 is 5.59. The van der Waals surface area contributed by atoms with Gasteiger partial charge in [-0.25, -0.2) is 9.78 Å². The van der Waals surface area contributed by atoms with Crippen molar-refractivity contribution in [2.75, 3.05) is 12.3 Å². The maximum Gasteiger partial charge on any atom is 0.410 e. The lowest BCUT2D eigenvalue weighted by atomic mass is 9.97. The molecular formula is C17H26N2O2S. The second-order valence-electron chi connectivity index (χ2n) is 6.52. The van der Waals surface area contributed by atoms with E-state index in [-0.39, 0.29) is 12.1 Å². The lowest BCUT2D eigenvalue weighted by Crippen LogP contribution is -2.42. The molecule has 0 aliphatic carbocycles. The summed E-state index contributed by atoms with van der Waals surface area (Å²) in [5.74, 6) is 0.975. The van der Waals surface area contributed by atoms with Crippen molar-refractivity contribution >= 4 is 17.9 Å². The number of hydrogen-bond donors (Lipinski definition) is 0. The Bertz CT molecular complexity index is 514. The summed E-state index contributed by atoms with van der Waals surface area (Å²) in [5, 5.41) is 1.03. The van der Waals surface area contributed by atoms with Gasteiger partial charge in [0.1, 0.15) is 10.6 Å². The van der Waals surface area contributed by atoms with Gasteiger partial charge in [-0.15, -0.1) is 11.8 Å². The standard InChI is InChI=1S/C17H26N2O2S/c1-5-22-15-13(9-8-11-18-15)14-10-6-7-12-19(14)16(20)21-17(2,3)4/h8-9,11,14H,5-7,10,12H2,1-4H3/t14-/m0/s1. The van der Waals surface area contributed by atoms with Gasteiger partial charge in [0.2, 0.25) is 0 Å². The molecular weight excluding hydrogens is 296 g/mol. The summed E-state index contributed by atoms with van der Waals surface area (Å²) in [5.41, 5.74) is 0.689. The van der Waals surface area contributed by atoms with Crippen LogP contribution in [-0.4, -0.2) is 33.9 Å². The van der Waals surface area contributed by atoms with E-state index in [1.807, 2.05) is 37.9 Å². The minimum absolute atomic E-state index is 0.0753. The Kier molecular flexibility index (Phi) is 5.73. The van der Waals surface area contributed by atoms with Crippen molar-refractivity contribution in [3.8, 4) is 0 Å². The van der Waals surface area contributed by atoms with E-state index >= 15 is 0 Å². The number of carbonyl (C=O) groups excluding carboxylic acids is 1. The smallest absolute Gasteiger partial charge is 0.410 e. The molecule has 4 nitrogen and oxygen atoms in total. The highest BCUT2D eigenvalue weighted by atomic mass is 32.2. The van der Waals surface area contributed by atoms with E-state index in [9.17, 15) is 4.79 Å². The summed E-state index contributed by atoms with van der Waals surface area (Å²) in [7, 11) is 0. The molecule has 1 aliphatic heterocycles. The molecule has 2 rings (SSSR count). The molecule has 1 fully saturated rings. The quantitative estimate of drug-likeness (QED) is 0.759. The first kappa shape index (κ1) is 17.1. The van der Waals surface area contributed by atoms with Gasteiger partial charge in [0.05, 0.1) is 6.04 Å². The Morgan fingerprint density at radius 1 is 1.45 bits per heavy atom. The monoisotopic (exact) mass is 322 g/mol. The molecule has 1 amide bonds. The summed E-state index contributed by atoms with van der Waals surface area (Å²) in [6.07, 6.45) is 4.75. The third kappa shape index (κ3) is 4.38. The van der Waals surface area contributed by atoms with Gasteiger partial charge in [0.25, 0.3) is 0 Å². The lowest BCUT2D eigenvalue weighted by molar-refractivity contribution is 0.00915. The maximum absolute atomic E-state index is 12.5. The fraction of sp³-hybridized carbons (Fsp3) is 0.647.